The molecule has 118 valence electrons. The van der Waals surface area contributed by atoms with Crippen LogP contribution in [0.5, 0.6) is 0 Å². The average Bonchev–Trinajstić information content (AvgIpc) is 2.91. The lowest BCUT2D eigenvalue weighted by Crippen LogP contribution is -2.44. The predicted molar refractivity (Wildman–Crippen MR) is 75.0 cm³/mol. The van der Waals surface area contributed by atoms with Gasteiger partial charge in [0.2, 0.25) is 0 Å². The van der Waals surface area contributed by atoms with Gasteiger partial charge in [-0.15, -0.1) is 0 Å². The summed E-state index contributed by atoms with van der Waals surface area (Å²) in [7, 11) is 3.38. The van der Waals surface area contributed by atoms with Gasteiger partial charge in [0.1, 0.15) is 6.10 Å². The van der Waals surface area contributed by atoms with E-state index in [0.717, 1.165) is 19.5 Å². The Labute approximate surface area is 120 Å². The van der Waals surface area contributed by atoms with E-state index < -0.39 is 6.10 Å². The summed E-state index contributed by atoms with van der Waals surface area (Å²) in [5.41, 5.74) is 2.14. The first-order valence-electron chi connectivity index (χ1n) is 7.00. The lowest BCUT2D eigenvalue weighted by atomic mass is 10.1. The van der Waals surface area contributed by atoms with E-state index >= 15 is 0 Å². The van der Waals surface area contributed by atoms with Gasteiger partial charge in [-0.05, 0) is 19.8 Å². The van der Waals surface area contributed by atoms with Gasteiger partial charge in [-0.2, -0.15) is 0 Å². The molecule has 0 spiro atoms. The van der Waals surface area contributed by atoms with E-state index in [1.54, 1.807) is 14.2 Å². The number of carbonyl (C=O) groups is 1. The molecule has 3 N–H and O–H groups in total. The normalized spacial score (nSPS) is 24.1. The van der Waals surface area contributed by atoms with Crippen molar-refractivity contribution in [3.8, 4) is 0 Å². The van der Waals surface area contributed by atoms with E-state index in [1.165, 1.54) is 0 Å². The summed E-state index contributed by atoms with van der Waals surface area (Å²) in [6.07, 6.45) is 1.20. The van der Waals surface area contributed by atoms with Gasteiger partial charge in [-0.3, -0.25) is 15.1 Å². The monoisotopic (exact) mass is 289 g/mol. The molecule has 0 aromatic heterocycles. The Hall–Kier alpha value is -0.730. The number of nitrogens with one attached hydrogen (secondary N) is 1. The molecule has 1 amide bonds. The third kappa shape index (κ3) is 5.34. The fourth-order valence-corrected chi connectivity index (χ4v) is 2.43. The van der Waals surface area contributed by atoms with Crippen molar-refractivity contribution in [1.82, 2.24) is 10.3 Å². The minimum atomic E-state index is -0.424. The summed E-state index contributed by atoms with van der Waals surface area (Å²) < 4.78 is 16.1. The lowest BCUT2D eigenvalue weighted by Gasteiger charge is -2.30. The standard InChI is InChI=1S/C13H27N3O4/c1-10(9-19-3)16(6-7-18-2)8-11-4-5-12(20-11)13(17)15-14/h10-12H,4-9,14H2,1-3H3,(H,15,17). The molecule has 0 bridgehead atoms. The van der Waals surface area contributed by atoms with Crippen LogP contribution < -0.4 is 11.3 Å². The Morgan fingerprint density at radius 3 is 2.80 bits per heavy atom. The zero-order valence-corrected chi connectivity index (χ0v) is 12.6. The van der Waals surface area contributed by atoms with Crippen LogP contribution in [0.15, 0.2) is 0 Å². The molecule has 0 radical (unpaired) electrons. The van der Waals surface area contributed by atoms with Gasteiger partial charge in [0.25, 0.3) is 5.91 Å². The minimum absolute atomic E-state index is 0.0495. The molecule has 3 atom stereocenters. The Kier molecular flexibility index (Phi) is 8.01. The van der Waals surface area contributed by atoms with Crippen molar-refractivity contribution in [3.05, 3.63) is 0 Å². The van der Waals surface area contributed by atoms with Crippen molar-refractivity contribution in [3.63, 3.8) is 0 Å². The number of ether oxygens (including phenoxy) is 3. The zero-order valence-electron chi connectivity index (χ0n) is 12.6. The minimum Gasteiger partial charge on any atom is -0.383 e. The van der Waals surface area contributed by atoms with Crippen molar-refractivity contribution >= 4 is 5.91 Å². The molecular formula is C13H27N3O4. The highest BCUT2D eigenvalue weighted by Gasteiger charge is 2.32. The van der Waals surface area contributed by atoms with E-state index in [-0.39, 0.29) is 18.1 Å². The second-order valence-electron chi connectivity index (χ2n) is 5.12. The number of hydrogen-bond acceptors (Lipinski definition) is 6. The van der Waals surface area contributed by atoms with Crippen molar-refractivity contribution in [2.75, 3.05) is 40.5 Å². The molecule has 1 aliphatic heterocycles. The van der Waals surface area contributed by atoms with E-state index in [1.807, 2.05) is 0 Å². The number of hydrazine groups is 1. The molecule has 0 saturated carbocycles. The topological polar surface area (TPSA) is 86.1 Å². The molecule has 0 aromatic carbocycles. The zero-order chi connectivity index (χ0) is 15.0. The first kappa shape index (κ1) is 17.3. The number of methoxy groups -OCH3 is 2. The van der Waals surface area contributed by atoms with Crippen LogP contribution in [-0.2, 0) is 19.0 Å². The Bertz CT molecular complexity index is 291. The van der Waals surface area contributed by atoms with Crippen molar-refractivity contribution in [1.29, 1.82) is 0 Å². The predicted octanol–water partition coefficient (Wildman–Crippen LogP) is -0.493. The fraction of sp³-hybridized carbons (Fsp3) is 0.923. The molecule has 1 heterocycles. The van der Waals surface area contributed by atoms with Gasteiger partial charge < -0.3 is 14.2 Å². The molecule has 7 heteroatoms. The molecule has 1 saturated heterocycles. The van der Waals surface area contributed by atoms with Crippen LogP contribution in [0, 0.1) is 0 Å². The van der Waals surface area contributed by atoms with E-state index in [0.29, 0.717) is 19.6 Å². The lowest BCUT2D eigenvalue weighted by molar-refractivity contribution is -0.132. The van der Waals surface area contributed by atoms with Gasteiger partial charge in [-0.25, -0.2) is 5.84 Å². The van der Waals surface area contributed by atoms with Crippen LogP contribution in [0.3, 0.4) is 0 Å². The summed E-state index contributed by atoms with van der Waals surface area (Å²) in [6.45, 7) is 5.01. The maximum Gasteiger partial charge on any atom is 0.263 e. The maximum atomic E-state index is 11.4. The third-order valence-electron chi connectivity index (χ3n) is 3.59. The average molecular weight is 289 g/mol. The summed E-state index contributed by atoms with van der Waals surface area (Å²) in [5.74, 6) is 4.88. The Balaban J connectivity index is 2.46. The van der Waals surface area contributed by atoms with Crippen molar-refractivity contribution < 1.29 is 19.0 Å². The van der Waals surface area contributed by atoms with Crippen LogP contribution in [0.1, 0.15) is 19.8 Å². The molecule has 1 fully saturated rings. The third-order valence-corrected chi connectivity index (χ3v) is 3.59. The van der Waals surface area contributed by atoms with E-state index in [9.17, 15) is 4.79 Å². The first-order valence-corrected chi connectivity index (χ1v) is 7.00. The number of carbonyl (C=O) groups excluding carboxylic acids is 1. The number of nitrogens with zero attached hydrogens (tertiary/aromatic N) is 1. The highest BCUT2D eigenvalue weighted by atomic mass is 16.5. The molecular weight excluding hydrogens is 262 g/mol. The smallest absolute Gasteiger partial charge is 0.263 e. The van der Waals surface area contributed by atoms with Gasteiger partial charge in [0.05, 0.1) is 19.3 Å². The largest absolute Gasteiger partial charge is 0.383 e. The maximum absolute atomic E-state index is 11.4. The van der Waals surface area contributed by atoms with Crippen LogP contribution in [0.4, 0.5) is 0 Å². The Morgan fingerprint density at radius 2 is 2.20 bits per heavy atom. The Morgan fingerprint density at radius 1 is 1.45 bits per heavy atom. The van der Waals surface area contributed by atoms with Gasteiger partial charge in [0.15, 0.2) is 0 Å². The number of rotatable bonds is 9. The van der Waals surface area contributed by atoms with Crippen LogP contribution >= 0.6 is 0 Å². The molecule has 1 rings (SSSR count). The second-order valence-corrected chi connectivity index (χ2v) is 5.12. The number of hydrogen-bond donors (Lipinski definition) is 2. The highest BCUT2D eigenvalue weighted by Crippen LogP contribution is 2.21. The van der Waals surface area contributed by atoms with Gasteiger partial charge in [0, 0.05) is 33.4 Å². The van der Waals surface area contributed by atoms with Crippen molar-refractivity contribution in [2.24, 2.45) is 5.84 Å². The summed E-state index contributed by atoms with van der Waals surface area (Å²) in [6, 6.07) is 0.279. The molecule has 7 nitrogen and oxygen atoms in total. The number of nitrogens with two attached hydrogens (primary N) is 1. The quantitative estimate of drug-likeness (QED) is 0.338. The van der Waals surface area contributed by atoms with Crippen LogP contribution in [0.25, 0.3) is 0 Å². The number of amides is 1. The van der Waals surface area contributed by atoms with Gasteiger partial charge >= 0.3 is 0 Å². The SMILES string of the molecule is COCCN(CC1CCC(C(=O)NN)O1)C(C)COC. The summed E-state index contributed by atoms with van der Waals surface area (Å²) in [4.78, 5) is 13.7. The van der Waals surface area contributed by atoms with E-state index in [2.05, 4.69) is 17.2 Å². The van der Waals surface area contributed by atoms with E-state index in [4.69, 9.17) is 20.1 Å². The van der Waals surface area contributed by atoms with Crippen LogP contribution in [0.2, 0.25) is 0 Å². The summed E-state index contributed by atoms with van der Waals surface area (Å²) >= 11 is 0. The molecule has 3 unspecified atom stereocenters. The van der Waals surface area contributed by atoms with Gasteiger partial charge in [-0.1, -0.05) is 0 Å². The molecule has 1 aliphatic rings. The molecule has 0 aromatic rings. The molecule has 20 heavy (non-hydrogen) atoms. The van der Waals surface area contributed by atoms with Crippen molar-refractivity contribution in [2.45, 2.75) is 38.0 Å². The second kappa shape index (κ2) is 9.25. The fourth-order valence-electron chi connectivity index (χ4n) is 2.43. The summed E-state index contributed by atoms with van der Waals surface area (Å²) in [5, 5.41) is 0. The van der Waals surface area contributed by atoms with Crippen LogP contribution in [-0.4, -0.2) is 69.6 Å². The highest BCUT2D eigenvalue weighted by molar-refractivity contribution is 5.80. The molecule has 0 aliphatic carbocycles. The first-order chi connectivity index (χ1) is 9.62.